The van der Waals surface area contributed by atoms with Gasteiger partial charge in [0.05, 0.1) is 12.2 Å². The second-order valence-corrected chi connectivity index (χ2v) is 6.43. The number of rotatable bonds is 2. The van der Waals surface area contributed by atoms with Crippen LogP contribution in [0.2, 0.25) is 0 Å². The Morgan fingerprint density at radius 2 is 2.27 bits per heavy atom. The number of nitrogens with one attached hydrogen (secondary N) is 1. The Kier molecular flexibility index (Phi) is 3.24. The second kappa shape index (κ2) is 5.26. The summed E-state index contributed by atoms with van der Waals surface area (Å²) >= 11 is 0. The average Bonchev–Trinajstić information content (AvgIpc) is 3.22. The molecule has 1 aliphatic carbocycles. The van der Waals surface area contributed by atoms with Gasteiger partial charge in [-0.1, -0.05) is 0 Å². The lowest BCUT2D eigenvalue weighted by atomic mass is 10.0. The molecular weight excluding hydrogens is 278 g/mol. The van der Waals surface area contributed by atoms with Gasteiger partial charge >= 0.3 is 0 Å². The minimum Gasteiger partial charge on any atom is -0.335 e. The summed E-state index contributed by atoms with van der Waals surface area (Å²) in [6.45, 7) is 3.58. The Morgan fingerprint density at radius 1 is 1.36 bits per heavy atom. The fourth-order valence-corrected chi connectivity index (χ4v) is 3.63. The molecule has 1 aliphatic heterocycles. The zero-order valence-electron chi connectivity index (χ0n) is 12.9. The number of nitrogens with zero attached hydrogens (tertiary/aromatic N) is 4. The summed E-state index contributed by atoms with van der Waals surface area (Å²) in [5.41, 5.74) is 4.10. The molecule has 1 N–H and O–H groups in total. The quantitative estimate of drug-likeness (QED) is 0.920. The molecule has 1 fully saturated rings. The smallest absolute Gasteiger partial charge is 0.274 e. The van der Waals surface area contributed by atoms with Gasteiger partial charge in [0.15, 0.2) is 5.69 Å². The predicted molar refractivity (Wildman–Crippen MR) is 81.8 cm³/mol. The third-order valence-corrected chi connectivity index (χ3v) is 4.80. The summed E-state index contributed by atoms with van der Waals surface area (Å²) in [6.07, 6.45) is 9.14. The number of fused-ring (bicyclic) bond motifs is 1. The Labute approximate surface area is 129 Å². The lowest BCUT2D eigenvalue weighted by Crippen LogP contribution is -2.41. The minimum absolute atomic E-state index is 0.0768. The van der Waals surface area contributed by atoms with E-state index in [4.69, 9.17) is 0 Å². The fraction of sp³-hybridized carbons (Fsp3) is 0.562. The molecule has 2 aromatic rings. The van der Waals surface area contributed by atoms with E-state index in [2.05, 4.69) is 21.5 Å². The van der Waals surface area contributed by atoms with Crippen LogP contribution in [0.15, 0.2) is 12.4 Å². The maximum absolute atomic E-state index is 12.8. The topological polar surface area (TPSA) is 66.8 Å². The number of amides is 1. The number of carbonyl (C=O) groups is 1. The zero-order chi connectivity index (χ0) is 15.1. The highest BCUT2D eigenvalue weighted by Crippen LogP contribution is 2.26. The highest BCUT2D eigenvalue weighted by molar-refractivity contribution is 5.94. The highest BCUT2D eigenvalue weighted by atomic mass is 16.2. The van der Waals surface area contributed by atoms with E-state index in [9.17, 15) is 4.79 Å². The Balaban J connectivity index is 1.53. The molecule has 1 atom stereocenters. The molecule has 0 unspecified atom stereocenters. The number of piperidine rings is 1. The van der Waals surface area contributed by atoms with Crippen molar-refractivity contribution in [2.45, 2.75) is 45.1 Å². The first-order valence-electron chi connectivity index (χ1n) is 8.08. The molecule has 22 heavy (non-hydrogen) atoms. The lowest BCUT2D eigenvalue weighted by Gasteiger charge is -2.32. The fourth-order valence-electron chi connectivity index (χ4n) is 3.63. The van der Waals surface area contributed by atoms with Crippen LogP contribution in [-0.2, 0) is 12.8 Å². The summed E-state index contributed by atoms with van der Waals surface area (Å²) in [7, 11) is 0. The number of H-pyrrole nitrogens is 1. The van der Waals surface area contributed by atoms with Crippen molar-refractivity contribution in [1.29, 1.82) is 0 Å². The van der Waals surface area contributed by atoms with Crippen molar-refractivity contribution < 1.29 is 4.79 Å². The molecule has 0 saturated carbocycles. The number of likely N-dealkylation sites (tertiary alicyclic amines) is 1. The Hall–Kier alpha value is -2.11. The van der Waals surface area contributed by atoms with Gasteiger partial charge in [0.1, 0.15) is 0 Å². The number of aryl methyl sites for hydroxylation is 2. The normalized spacial score (nSPS) is 21.1. The van der Waals surface area contributed by atoms with Crippen LogP contribution in [0.1, 0.15) is 52.6 Å². The molecule has 3 heterocycles. The monoisotopic (exact) mass is 299 g/mol. The molecule has 0 spiro atoms. The molecule has 0 radical (unpaired) electrons. The van der Waals surface area contributed by atoms with Crippen molar-refractivity contribution in [3.05, 3.63) is 34.9 Å². The van der Waals surface area contributed by atoms with Crippen molar-refractivity contribution in [1.82, 2.24) is 24.9 Å². The third kappa shape index (κ3) is 2.23. The van der Waals surface area contributed by atoms with Crippen molar-refractivity contribution in [3.8, 4) is 0 Å². The zero-order valence-corrected chi connectivity index (χ0v) is 12.9. The Morgan fingerprint density at radius 3 is 3.09 bits per heavy atom. The summed E-state index contributed by atoms with van der Waals surface area (Å²) in [6, 6.07) is 0.276. The van der Waals surface area contributed by atoms with Crippen molar-refractivity contribution in [3.63, 3.8) is 0 Å². The van der Waals surface area contributed by atoms with Gasteiger partial charge in [-0.15, -0.1) is 0 Å². The summed E-state index contributed by atoms with van der Waals surface area (Å²) < 4.78 is 2.00. The van der Waals surface area contributed by atoms with Crippen molar-refractivity contribution in [2.24, 2.45) is 0 Å². The van der Waals surface area contributed by atoms with Crippen molar-refractivity contribution in [2.75, 3.05) is 13.1 Å². The van der Waals surface area contributed by atoms with Gasteiger partial charge in [0, 0.05) is 30.5 Å². The molecule has 4 rings (SSSR count). The second-order valence-electron chi connectivity index (χ2n) is 6.43. The van der Waals surface area contributed by atoms with Crippen LogP contribution < -0.4 is 0 Å². The first-order chi connectivity index (χ1) is 10.7. The maximum Gasteiger partial charge on any atom is 0.274 e. The van der Waals surface area contributed by atoms with Crippen molar-refractivity contribution >= 4 is 5.91 Å². The van der Waals surface area contributed by atoms with Crippen LogP contribution in [-0.4, -0.2) is 43.9 Å². The van der Waals surface area contributed by atoms with Crippen LogP contribution >= 0.6 is 0 Å². The van der Waals surface area contributed by atoms with Gasteiger partial charge in [-0.3, -0.25) is 14.6 Å². The maximum atomic E-state index is 12.8. The van der Waals surface area contributed by atoms with E-state index in [1.165, 1.54) is 0 Å². The Bertz CT molecular complexity index is 701. The van der Waals surface area contributed by atoms with E-state index in [0.29, 0.717) is 5.69 Å². The molecular formula is C16H21N5O. The number of aromatic amines is 1. The summed E-state index contributed by atoms with van der Waals surface area (Å²) in [5, 5.41) is 11.7. The number of carbonyl (C=O) groups excluding carboxylic acids is 1. The van der Waals surface area contributed by atoms with Gasteiger partial charge in [0.2, 0.25) is 0 Å². The van der Waals surface area contributed by atoms with E-state index in [1.807, 2.05) is 22.7 Å². The highest BCUT2D eigenvalue weighted by Gasteiger charge is 2.30. The van der Waals surface area contributed by atoms with Gasteiger partial charge in [-0.2, -0.15) is 10.2 Å². The third-order valence-electron chi connectivity index (χ3n) is 4.80. The average molecular weight is 299 g/mol. The van der Waals surface area contributed by atoms with Gasteiger partial charge in [-0.25, -0.2) is 0 Å². The van der Waals surface area contributed by atoms with Crippen LogP contribution in [0.25, 0.3) is 0 Å². The van der Waals surface area contributed by atoms with E-state index >= 15 is 0 Å². The van der Waals surface area contributed by atoms with E-state index in [-0.39, 0.29) is 11.9 Å². The largest absolute Gasteiger partial charge is 0.335 e. The number of aromatic nitrogens is 4. The first kappa shape index (κ1) is 13.5. The lowest BCUT2D eigenvalue weighted by molar-refractivity contribution is 0.0666. The van der Waals surface area contributed by atoms with Crippen LogP contribution in [0.5, 0.6) is 0 Å². The first-order valence-corrected chi connectivity index (χ1v) is 8.08. The summed E-state index contributed by atoms with van der Waals surface area (Å²) in [4.78, 5) is 14.8. The molecule has 6 nitrogen and oxygen atoms in total. The standard InChI is InChI=1S/C16H21N5O/c1-11-8-17-21(9-11)12-4-3-7-20(10-12)16(22)15-13-5-2-6-14(13)18-19-15/h8-9,12H,2-7,10H2,1H3,(H,18,19)/t12-/m1/s1. The molecule has 1 amide bonds. The van der Waals surface area contributed by atoms with E-state index < -0.39 is 0 Å². The molecule has 1 saturated heterocycles. The SMILES string of the molecule is Cc1cnn([C@@H]2CCCN(C(=O)c3n[nH]c4c3CCC4)C2)c1. The van der Waals surface area contributed by atoms with Gasteiger partial charge < -0.3 is 4.90 Å². The summed E-state index contributed by atoms with van der Waals surface area (Å²) in [5.74, 6) is 0.0768. The predicted octanol–water partition coefficient (Wildman–Crippen LogP) is 1.88. The van der Waals surface area contributed by atoms with Crippen LogP contribution in [0, 0.1) is 6.92 Å². The molecule has 0 aromatic carbocycles. The molecule has 2 aromatic heterocycles. The number of hydrogen-bond acceptors (Lipinski definition) is 3. The van der Waals surface area contributed by atoms with E-state index in [0.717, 1.165) is 62.0 Å². The van der Waals surface area contributed by atoms with Gasteiger partial charge in [-0.05, 0) is 44.6 Å². The van der Waals surface area contributed by atoms with Crippen LogP contribution in [0.4, 0.5) is 0 Å². The molecule has 2 aliphatic rings. The molecule has 6 heteroatoms. The minimum atomic E-state index is 0.0768. The molecule has 116 valence electrons. The number of hydrogen-bond donors (Lipinski definition) is 1. The van der Waals surface area contributed by atoms with Crippen LogP contribution in [0.3, 0.4) is 0 Å². The van der Waals surface area contributed by atoms with E-state index in [1.54, 1.807) is 0 Å². The van der Waals surface area contributed by atoms with Gasteiger partial charge in [0.25, 0.3) is 5.91 Å². The molecule has 0 bridgehead atoms.